The zero-order chi connectivity index (χ0) is 34.2. The maximum Gasteiger partial charge on any atom is 0.0817 e. The second kappa shape index (κ2) is 11.3. The molecule has 52 heavy (non-hydrogen) atoms. The van der Waals surface area contributed by atoms with Crippen molar-refractivity contribution in [1.29, 1.82) is 0 Å². The smallest absolute Gasteiger partial charge is 0.0817 e. The molecule has 0 unspecified atom stereocenters. The first kappa shape index (κ1) is 28.9. The van der Waals surface area contributed by atoms with Crippen molar-refractivity contribution < 1.29 is 0 Å². The molecule has 0 amide bonds. The molecule has 0 N–H and O–H groups in total. The van der Waals surface area contributed by atoms with Crippen molar-refractivity contribution >= 4 is 32.9 Å². The number of fused-ring (bicyclic) bond motifs is 8. The van der Waals surface area contributed by atoms with Gasteiger partial charge in [0.05, 0.1) is 22.1 Å². The van der Waals surface area contributed by atoms with Gasteiger partial charge in [-0.3, -0.25) is 0 Å². The first-order valence-electron chi connectivity index (χ1n) is 17.8. The summed E-state index contributed by atoms with van der Waals surface area (Å²) in [5.74, 6) is 0. The average Bonchev–Trinajstić information content (AvgIpc) is 3.78. The third-order valence-corrected chi connectivity index (χ3v) is 10.8. The van der Waals surface area contributed by atoms with Gasteiger partial charge < -0.3 is 0 Å². The van der Waals surface area contributed by atoms with E-state index in [2.05, 4.69) is 182 Å². The number of hydrogen-bond acceptors (Lipinski definition) is 2. The molecule has 2 aliphatic heterocycles. The highest BCUT2D eigenvalue weighted by molar-refractivity contribution is 6.15. The predicted octanol–water partition coefficient (Wildman–Crippen LogP) is 12.1. The summed E-state index contributed by atoms with van der Waals surface area (Å²) in [6, 6.07) is 65.7. The van der Waals surface area contributed by atoms with Crippen molar-refractivity contribution in [2.75, 3.05) is 0 Å². The fourth-order valence-electron chi connectivity index (χ4n) is 8.55. The number of benzene rings is 9. The molecule has 9 aromatic rings. The molecular formula is C50H30N2. The summed E-state index contributed by atoms with van der Waals surface area (Å²) in [6.07, 6.45) is 0. The molecule has 0 aromatic heterocycles. The molecule has 240 valence electrons. The van der Waals surface area contributed by atoms with Crippen molar-refractivity contribution in [3.05, 3.63) is 203 Å². The van der Waals surface area contributed by atoms with Crippen LogP contribution in [0.1, 0.15) is 0 Å². The van der Waals surface area contributed by atoms with Crippen LogP contribution in [0.2, 0.25) is 0 Å². The Hall–Kier alpha value is -6.90. The molecule has 2 heteroatoms. The molecule has 0 saturated heterocycles. The fourth-order valence-corrected chi connectivity index (χ4v) is 8.55. The van der Waals surface area contributed by atoms with Gasteiger partial charge in [-0.15, -0.1) is 0 Å². The Kier molecular flexibility index (Phi) is 6.28. The third kappa shape index (κ3) is 4.25. The molecule has 9 aromatic carbocycles. The van der Waals surface area contributed by atoms with Crippen molar-refractivity contribution in [2.45, 2.75) is 0 Å². The molecule has 2 nitrogen and oxygen atoms in total. The lowest BCUT2D eigenvalue weighted by Gasteiger charge is -2.24. The Labute approximate surface area is 300 Å². The second-order valence-electron chi connectivity index (χ2n) is 13.6. The third-order valence-electron chi connectivity index (χ3n) is 10.8. The van der Waals surface area contributed by atoms with Gasteiger partial charge in [-0.1, -0.05) is 158 Å². The highest BCUT2D eigenvalue weighted by Gasteiger charge is 2.30. The molecule has 2 heterocycles. The summed E-state index contributed by atoms with van der Waals surface area (Å²) in [4.78, 5) is 10.7. The van der Waals surface area contributed by atoms with Crippen molar-refractivity contribution in [2.24, 2.45) is 9.98 Å². The molecule has 0 radical (unpaired) electrons. The zero-order valence-electron chi connectivity index (χ0n) is 28.2. The predicted molar refractivity (Wildman–Crippen MR) is 214 cm³/mol. The van der Waals surface area contributed by atoms with Gasteiger partial charge >= 0.3 is 0 Å². The van der Waals surface area contributed by atoms with Gasteiger partial charge in [0.25, 0.3) is 0 Å². The quantitative estimate of drug-likeness (QED) is 0.180. The fraction of sp³-hybridized carbons (Fsp3) is 0. The van der Waals surface area contributed by atoms with E-state index < -0.39 is 0 Å². The van der Waals surface area contributed by atoms with Crippen LogP contribution in [0.25, 0.3) is 77.2 Å². The first-order chi connectivity index (χ1) is 25.8. The Morgan fingerprint density at radius 2 is 0.923 bits per heavy atom. The van der Waals surface area contributed by atoms with E-state index in [1.807, 2.05) is 0 Å². The van der Waals surface area contributed by atoms with E-state index in [9.17, 15) is 0 Å². The van der Waals surface area contributed by atoms with Crippen molar-refractivity contribution in [3.8, 4) is 55.6 Å². The molecule has 11 rings (SSSR count). The van der Waals surface area contributed by atoms with Crippen LogP contribution < -0.4 is 10.7 Å². The highest BCUT2D eigenvalue weighted by Crippen LogP contribution is 2.55. The van der Waals surface area contributed by atoms with Crippen molar-refractivity contribution in [3.63, 3.8) is 0 Å². The highest BCUT2D eigenvalue weighted by atomic mass is 14.8. The van der Waals surface area contributed by atoms with E-state index in [0.717, 1.165) is 49.6 Å². The minimum absolute atomic E-state index is 0.961. The zero-order valence-corrected chi connectivity index (χ0v) is 28.2. The molecule has 0 bridgehead atoms. The summed E-state index contributed by atoms with van der Waals surface area (Å²) >= 11 is 0. The van der Waals surface area contributed by atoms with Gasteiger partial charge in [-0.2, -0.15) is 0 Å². The van der Waals surface area contributed by atoms with E-state index in [1.54, 1.807) is 0 Å². The lowest BCUT2D eigenvalue weighted by Crippen LogP contribution is -2.02. The maximum atomic E-state index is 5.42. The molecule has 0 spiro atoms. The molecule has 2 aliphatic rings. The Balaban J connectivity index is 1.36. The Morgan fingerprint density at radius 1 is 0.308 bits per heavy atom. The lowest BCUT2D eigenvalue weighted by molar-refractivity contribution is 1.36. The second-order valence-corrected chi connectivity index (χ2v) is 13.6. The Morgan fingerprint density at radius 3 is 1.73 bits per heavy atom. The number of nitrogens with zero attached hydrogens (tertiary/aromatic N) is 2. The minimum atomic E-state index is 0.961. The van der Waals surface area contributed by atoms with Crippen LogP contribution in [0.15, 0.2) is 192 Å². The first-order valence-corrected chi connectivity index (χ1v) is 17.8. The monoisotopic (exact) mass is 658 g/mol. The van der Waals surface area contributed by atoms with E-state index in [1.165, 1.54) is 60.1 Å². The van der Waals surface area contributed by atoms with Crippen LogP contribution in [-0.2, 0) is 0 Å². The molecule has 0 saturated carbocycles. The van der Waals surface area contributed by atoms with Gasteiger partial charge in [0.2, 0.25) is 0 Å². The van der Waals surface area contributed by atoms with Crippen molar-refractivity contribution in [1.82, 2.24) is 0 Å². The summed E-state index contributed by atoms with van der Waals surface area (Å²) < 4.78 is 0. The van der Waals surface area contributed by atoms with Crippen LogP contribution in [0.3, 0.4) is 0 Å². The maximum absolute atomic E-state index is 5.42. The standard InChI is InChI=1S/C50H30N2/c1-2-14-33(15-3-1)42-30-45-48(49-44(51-45)29-28-41-38-23-10-11-27-43(38)52-50(41)49)47(46(42)39-26-13-19-32-17-5-7-21-35(32)39)40-24-9-8-22-37(40)36-25-12-18-31-16-4-6-20-34(31)36/h1-30H. The summed E-state index contributed by atoms with van der Waals surface area (Å²) in [5.41, 5.74) is 13.7. The normalized spacial score (nSPS) is 12.2. The van der Waals surface area contributed by atoms with Gasteiger partial charge in [0.15, 0.2) is 0 Å². The number of rotatable bonds is 4. The number of hydrogen-bond donors (Lipinski definition) is 0. The van der Waals surface area contributed by atoms with Gasteiger partial charge in [0, 0.05) is 27.1 Å². The molecular weight excluding hydrogens is 629 g/mol. The van der Waals surface area contributed by atoms with E-state index in [4.69, 9.17) is 9.98 Å². The Bertz CT molecular complexity index is 3170. The molecule has 0 atom stereocenters. The minimum Gasteiger partial charge on any atom is -0.248 e. The van der Waals surface area contributed by atoms with Crippen LogP contribution in [0.5, 0.6) is 0 Å². The topological polar surface area (TPSA) is 24.7 Å². The van der Waals surface area contributed by atoms with Crippen LogP contribution in [0.4, 0.5) is 11.4 Å². The van der Waals surface area contributed by atoms with E-state index in [0.29, 0.717) is 0 Å². The van der Waals surface area contributed by atoms with Crippen LogP contribution in [-0.4, -0.2) is 0 Å². The van der Waals surface area contributed by atoms with Gasteiger partial charge in [-0.25, -0.2) is 9.98 Å². The van der Waals surface area contributed by atoms with E-state index >= 15 is 0 Å². The average molecular weight is 659 g/mol. The van der Waals surface area contributed by atoms with Crippen LogP contribution >= 0.6 is 0 Å². The molecule has 0 aliphatic carbocycles. The number of para-hydroxylation sites is 1. The lowest BCUT2D eigenvalue weighted by atomic mass is 9.79. The van der Waals surface area contributed by atoms with Crippen LogP contribution in [0, 0.1) is 10.4 Å². The largest absolute Gasteiger partial charge is 0.248 e. The summed E-state index contributed by atoms with van der Waals surface area (Å²) in [7, 11) is 0. The van der Waals surface area contributed by atoms with E-state index in [-0.39, 0.29) is 0 Å². The SMILES string of the molecule is c1ccc(-c2cc3c(c(-c4ccccc4-c4cccc5ccccc45)c2-c2cccc4ccccc24)-c2c4c(ccc2=N3)=c2ccccc2=N4)cc1. The van der Waals surface area contributed by atoms with Gasteiger partial charge in [0.1, 0.15) is 0 Å². The van der Waals surface area contributed by atoms with Gasteiger partial charge in [-0.05, 0) is 84.8 Å². The summed E-state index contributed by atoms with van der Waals surface area (Å²) in [5, 5.41) is 9.18. The molecule has 0 fully saturated rings. The summed E-state index contributed by atoms with van der Waals surface area (Å²) in [6.45, 7) is 0.